The van der Waals surface area contributed by atoms with Crippen LogP contribution in [0, 0.1) is 5.95 Å². The number of nitrogens with zero attached hydrogens (tertiary/aromatic N) is 1. The highest BCUT2D eigenvalue weighted by atomic mass is 32.1. The zero-order chi connectivity index (χ0) is 11.8. The summed E-state index contributed by atoms with van der Waals surface area (Å²) in [5.41, 5.74) is 7.50. The average molecular weight is 244 g/mol. The summed E-state index contributed by atoms with van der Waals surface area (Å²) in [5.74, 6) is -0.615. The molecule has 0 aliphatic rings. The van der Waals surface area contributed by atoms with Gasteiger partial charge < -0.3 is 5.73 Å². The number of halogens is 1. The molecule has 2 nitrogen and oxygen atoms in total. The van der Waals surface area contributed by atoms with Gasteiger partial charge in [-0.2, -0.15) is 4.39 Å². The molecule has 0 saturated carbocycles. The Balaban J connectivity index is 2.34. The van der Waals surface area contributed by atoms with E-state index >= 15 is 0 Å². The van der Waals surface area contributed by atoms with Crippen molar-refractivity contribution in [3.63, 3.8) is 0 Å². The molecule has 2 aromatic heterocycles. The molecular formula is C13H9FN2S. The van der Waals surface area contributed by atoms with Gasteiger partial charge in [-0.15, -0.1) is 11.3 Å². The lowest BCUT2D eigenvalue weighted by molar-refractivity contribution is 0.589. The summed E-state index contributed by atoms with van der Waals surface area (Å²) in [4.78, 5) is 3.54. The number of anilines is 1. The Morgan fingerprint density at radius 2 is 2.00 bits per heavy atom. The van der Waals surface area contributed by atoms with Gasteiger partial charge in [0.15, 0.2) is 0 Å². The molecule has 2 N–H and O–H groups in total. The number of thiophene rings is 1. The predicted octanol–water partition coefficient (Wildman–Crippen LogP) is 3.68. The molecule has 0 radical (unpaired) electrons. The first-order valence-corrected chi connectivity index (χ1v) is 6.02. The van der Waals surface area contributed by atoms with Gasteiger partial charge in [-0.25, -0.2) is 4.98 Å². The van der Waals surface area contributed by atoms with Gasteiger partial charge in [0.2, 0.25) is 5.95 Å². The lowest BCUT2D eigenvalue weighted by Gasteiger charge is -2.07. The summed E-state index contributed by atoms with van der Waals surface area (Å²) in [6.07, 6.45) is 1.44. The van der Waals surface area contributed by atoms with Gasteiger partial charge in [0.25, 0.3) is 0 Å². The van der Waals surface area contributed by atoms with E-state index in [1.807, 2.05) is 29.6 Å². The fraction of sp³-hybridized carbons (Fsp3) is 0. The number of hydrogen-bond donors (Lipinski definition) is 1. The molecule has 3 aromatic rings. The zero-order valence-electron chi connectivity index (χ0n) is 8.85. The standard InChI is InChI=1S/C13H9FN2S/c14-13-11(15)9(4-6-16-13)10-3-1-2-8-5-7-17-12(8)10/h1-7H,15H2. The first-order chi connectivity index (χ1) is 8.27. The van der Waals surface area contributed by atoms with Crippen LogP contribution in [-0.2, 0) is 0 Å². The van der Waals surface area contributed by atoms with E-state index in [-0.39, 0.29) is 5.69 Å². The van der Waals surface area contributed by atoms with Crippen LogP contribution in [0.3, 0.4) is 0 Å². The Hall–Kier alpha value is -1.94. The molecule has 1 aromatic carbocycles. The zero-order valence-corrected chi connectivity index (χ0v) is 9.67. The maximum absolute atomic E-state index is 13.4. The molecule has 3 rings (SSSR count). The monoisotopic (exact) mass is 244 g/mol. The fourth-order valence-electron chi connectivity index (χ4n) is 1.89. The summed E-state index contributed by atoms with van der Waals surface area (Å²) in [7, 11) is 0. The average Bonchev–Trinajstić information content (AvgIpc) is 2.81. The molecule has 2 heterocycles. The molecule has 0 fully saturated rings. The minimum Gasteiger partial charge on any atom is -0.395 e. The van der Waals surface area contributed by atoms with E-state index in [0.717, 1.165) is 15.6 Å². The fourth-order valence-corrected chi connectivity index (χ4v) is 2.82. The van der Waals surface area contributed by atoms with Crippen LogP contribution >= 0.6 is 11.3 Å². The van der Waals surface area contributed by atoms with Crippen LogP contribution < -0.4 is 5.73 Å². The van der Waals surface area contributed by atoms with Gasteiger partial charge in [-0.3, -0.25) is 0 Å². The first-order valence-electron chi connectivity index (χ1n) is 5.14. The van der Waals surface area contributed by atoms with Crippen molar-refractivity contribution >= 4 is 27.1 Å². The van der Waals surface area contributed by atoms with Gasteiger partial charge in [0.05, 0.1) is 5.69 Å². The third-order valence-corrected chi connectivity index (χ3v) is 3.67. The molecule has 0 saturated heterocycles. The van der Waals surface area contributed by atoms with Crippen LogP contribution in [0.2, 0.25) is 0 Å². The van der Waals surface area contributed by atoms with E-state index in [4.69, 9.17) is 5.73 Å². The lowest BCUT2D eigenvalue weighted by Crippen LogP contribution is -1.96. The van der Waals surface area contributed by atoms with Crippen LogP contribution in [0.25, 0.3) is 21.2 Å². The third-order valence-electron chi connectivity index (χ3n) is 2.71. The highest BCUT2D eigenvalue weighted by Gasteiger charge is 2.11. The number of rotatable bonds is 1. The minimum atomic E-state index is -0.615. The maximum atomic E-state index is 13.4. The van der Waals surface area contributed by atoms with Crippen LogP contribution in [0.15, 0.2) is 41.9 Å². The van der Waals surface area contributed by atoms with Gasteiger partial charge >= 0.3 is 0 Å². The molecule has 0 spiro atoms. The van der Waals surface area contributed by atoms with E-state index in [1.54, 1.807) is 17.4 Å². The van der Waals surface area contributed by atoms with Crippen LogP contribution in [0.1, 0.15) is 0 Å². The Morgan fingerprint density at radius 3 is 2.88 bits per heavy atom. The Morgan fingerprint density at radius 1 is 1.12 bits per heavy atom. The summed E-state index contributed by atoms with van der Waals surface area (Å²) in [6, 6.07) is 9.71. The van der Waals surface area contributed by atoms with Crippen molar-refractivity contribution in [2.75, 3.05) is 5.73 Å². The highest BCUT2D eigenvalue weighted by molar-refractivity contribution is 7.17. The Bertz CT molecular complexity index is 691. The number of aromatic nitrogens is 1. The number of nitrogen functional groups attached to an aromatic ring is 1. The number of benzene rings is 1. The second kappa shape index (κ2) is 3.82. The van der Waals surface area contributed by atoms with Crippen LogP contribution in [0.5, 0.6) is 0 Å². The van der Waals surface area contributed by atoms with Crippen molar-refractivity contribution in [3.05, 3.63) is 47.9 Å². The van der Waals surface area contributed by atoms with E-state index in [1.165, 1.54) is 6.20 Å². The van der Waals surface area contributed by atoms with Crippen molar-refractivity contribution < 1.29 is 4.39 Å². The topological polar surface area (TPSA) is 38.9 Å². The second-order valence-corrected chi connectivity index (χ2v) is 4.62. The minimum absolute atomic E-state index is 0.105. The van der Waals surface area contributed by atoms with Crippen molar-refractivity contribution in [1.29, 1.82) is 0 Å². The molecule has 0 bridgehead atoms. The predicted molar refractivity (Wildman–Crippen MR) is 69.4 cm³/mol. The molecule has 84 valence electrons. The van der Waals surface area contributed by atoms with Gasteiger partial charge in [0.1, 0.15) is 0 Å². The second-order valence-electron chi connectivity index (χ2n) is 3.71. The van der Waals surface area contributed by atoms with Gasteiger partial charge in [-0.1, -0.05) is 18.2 Å². The van der Waals surface area contributed by atoms with E-state index < -0.39 is 5.95 Å². The van der Waals surface area contributed by atoms with Crippen LogP contribution in [-0.4, -0.2) is 4.98 Å². The molecule has 17 heavy (non-hydrogen) atoms. The van der Waals surface area contributed by atoms with E-state index in [2.05, 4.69) is 4.98 Å². The quantitative estimate of drug-likeness (QED) is 0.663. The van der Waals surface area contributed by atoms with Gasteiger partial charge in [0, 0.05) is 22.0 Å². The SMILES string of the molecule is Nc1c(-c2cccc3ccsc23)ccnc1F. The third kappa shape index (κ3) is 1.57. The summed E-state index contributed by atoms with van der Waals surface area (Å²) >= 11 is 1.62. The number of hydrogen-bond acceptors (Lipinski definition) is 3. The van der Waals surface area contributed by atoms with Gasteiger partial charge in [-0.05, 0) is 22.9 Å². The normalized spacial score (nSPS) is 10.9. The maximum Gasteiger partial charge on any atom is 0.236 e. The number of fused-ring (bicyclic) bond motifs is 1. The first kappa shape index (κ1) is 10.2. The molecule has 0 aliphatic heterocycles. The van der Waals surface area contributed by atoms with Crippen molar-refractivity contribution in [3.8, 4) is 11.1 Å². The summed E-state index contributed by atoms with van der Waals surface area (Å²) in [5, 5.41) is 3.16. The van der Waals surface area contributed by atoms with Crippen molar-refractivity contribution in [1.82, 2.24) is 4.98 Å². The molecule has 0 amide bonds. The lowest BCUT2D eigenvalue weighted by atomic mass is 10.0. The molecule has 4 heteroatoms. The molecular weight excluding hydrogens is 235 g/mol. The van der Waals surface area contributed by atoms with Crippen molar-refractivity contribution in [2.45, 2.75) is 0 Å². The number of pyridine rings is 1. The molecule has 0 atom stereocenters. The Kier molecular flexibility index (Phi) is 2.30. The van der Waals surface area contributed by atoms with E-state index in [9.17, 15) is 4.39 Å². The largest absolute Gasteiger partial charge is 0.395 e. The summed E-state index contributed by atoms with van der Waals surface area (Å²) in [6.45, 7) is 0. The Labute approximate surface area is 102 Å². The number of nitrogens with two attached hydrogens (primary N) is 1. The molecule has 0 aliphatic carbocycles. The molecule has 0 unspecified atom stereocenters. The van der Waals surface area contributed by atoms with Crippen molar-refractivity contribution in [2.24, 2.45) is 0 Å². The summed E-state index contributed by atoms with van der Waals surface area (Å²) < 4.78 is 14.5. The van der Waals surface area contributed by atoms with Crippen LogP contribution in [0.4, 0.5) is 10.1 Å². The highest BCUT2D eigenvalue weighted by Crippen LogP contribution is 2.35. The smallest absolute Gasteiger partial charge is 0.236 e. The van der Waals surface area contributed by atoms with E-state index in [0.29, 0.717) is 5.56 Å².